The number of carbonyl (C=O) groups is 1. The average Bonchev–Trinajstić information content (AvgIpc) is 2.73. The molecule has 23 heavy (non-hydrogen) atoms. The topological polar surface area (TPSA) is 56.8 Å². The van der Waals surface area contributed by atoms with E-state index in [4.69, 9.17) is 14.2 Å². The third kappa shape index (κ3) is 3.03. The van der Waals surface area contributed by atoms with E-state index in [9.17, 15) is 4.79 Å². The number of carbonyl (C=O) groups excluding carboxylic acids is 1. The van der Waals surface area contributed by atoms with Crippen LogP contribution in [0.2, 0.25) is 0 Å². The van der Waals surface area contributed by atoms with Gasteiger partial charge in [-0.2, -0.15) is 0 Å². The van der Waals surface area contributed by atoms with E-state index in [1.807, 2.05) is 24.3 Å². The molecular formula is C17H14BrNO4. The molecule has 1 heterocycles. The fraction of sp³-hybridized carbons (Fsp3) is 0.118. The Hall–Kier alpha value is -2.47. The summed E-state index contributed by atoms with van der Waals surface area (Å²) in [7, 11) is 3.05. The van der Waals surface area contributed by atoms with Crippen molar-refractivity contribution >= 4 is 27.6 Å². The van der Waals surface area contributed by atoms with Crippen LogP contribution >= 0.6 is 15.9 Å². The van der Waals surface area contributed by atoms with Crippen LogP contribution in [0.3, 0.4) is 0 Å². The summed E-state index contributed by atoms with van der Waals surface area (Å²) >= 11 is 3.39. The Bertz CT molecular complexity index is 784. The third-order valence-corrected chi connectivity index (χ3v) is 3.94. The summed E-state index contributed by atoms with van der Waals surface area (Å²) in [6.07, 6.45) is 1.55. The molecule has 5 nitrogen and oxygen atoms in total. The van der Waals surface area contributed by atoms with Gasteiger partial charge >= 0.3 is 0 Å². The molecule has 1 amide bonds. The van der Waals surface area contributed by atoms with Gasteiger partial charge in [0, 0.05) is 28.4 Å². The van der Waals surface area contributed by atoms with E-state index in [-0.39, 0.29) is 5.91 Å². The quantitative estimate of drug-likeness (QED) is 0.890. The number of rotatable bonds is 3. The number of halogens is 1. The smallest absolute Gasteiger partial charge is 0.259 e. The molecule has 0 saturated carbocycles. The normalized spacial score (nSPS) is 13.2. The fourth-order valence-electron chi connectivity index (χ4n) is 2.24. The highest BCUT2D eigenvalue weighted by Gasteiger charge is 2.22. The monoisotopic (exact) mass is 375 g/mol. The maximum atomic E-state index is 12.3. The van der Waals surface area contributed by atoms with Crippen molar-refractivity contribution in [1.82, 2.24) is 5.32 Å². The molecular weight excluding hydrogens is 362 g/mol. The Morgan fingerprint density at radius 2 is 1.70 bits per heavy atom. The largest absolute Gasteiger partial charge is 0.493 e. The summed E-state index contributed by atoms with van der Waals surface area (Å²) in [6, 6.07) is 10.8. The van der Waals surface area contributed by atoms with Crippen molar-refractivity contribution in [3.8, 4) is 17.2 Å². The van der Waals surface area contributed by atoms with Crippen LogP contribution in [0.15, 0.2) is 47.1 Å². The van der Waals surface area contributed by atoms with Crippen LogP contribution < -0.4 is 19.5 Å². The van der Waals surface area contributed by atoms with Crippen LogP contribution in [0.25, 0.3) is 5.76 Å². The van der Waals surface area contributed by atoms with Crippen LogP contribution in [-0.4, -0.2) is 20.1 Å². The Labute approximate surface area is 142 Å². The summed E-state index contributed by atoms with van der Waals surface area (Å²) in [5.74, 6) is 1.64. The molecule has 1 N–H and O–H groups in total. The molecule has 0 bridgehead atoms. The fourth-order valence-corrected chi connectivity index (χ4v) is 2.50. The number of nitrogens with one attached hydrogen (secondary N) is 1. The molecule has 2 aromatic rings. The molecule has 1 aliphatic rings. The van der Waals surface area contributed by atoms with Crippen molar-refractivity contribution in [3.05, 3.63) is 58.2 Å². The summed E-state index contributed by atoms with van der Waals surface area (Å²) in [4.78, 5) is 12.3. The summed E-state index contributed by atoms with van der Waals surface area (Å²) in [5.41, 5.74) is 1.22. The van der Waals surface area contributed by atoms with E-state index in [1.165, 1.54) is 14.2 Å². The lowest BCUT2D eigenvalue weighted by Gasteiger charge is -2.13. The van der Waals surface area contributed by atoms with Gasteiger partial charge in [0.25, 0.3) is 5.91 Å². The zero-order valence-corrected chi connectivity index (χ0v) is 14.1. The SMILES string of the molecule is COc1cc2c(cc1OC)C(=O)NC=C(c1ccc(Br)cc1)O2. The zero-order valence-electron chi connectivity index (χ0n) is 12.6. The number of hydrogen-bond donors (Lipinski definition) is 1. The van der Waals surface area contributed by atoms with Gasteiger partial charge in [0.15, 0.2) is 17.3 Å². The number of fused-ring (bicyclic) bond motifs is 1. The maximum absolute atomic E-state index is 12.3. The molecule has 0 saturated heterocycles. The van der Waals surface area contributed by atoms with E-state index in [0.717, 1.165) is 10.0 Å². The Morgan fingerprint density at radius 3 is 2.35 bits per heavy atom. The molecule has 0 radical (unpaired) electrons. The minimum Gasteiger partial charge on any atom is -0.493 e. The van der Waals surface area contributed by atoms with E-state index in [0.29, 0.717) is 28.6 Å². The van der Waals surface area contributed by atoms with Crippen LogP contribution in [0, 0.1) is 0 Å². The lowest BCUT2D eigenvalue weighted by molar-refractivity contribution is 0.0970. The lowest BCUT2D eigenvalue weighted by Crippen LogP contribution is -2.16. The van der Waals surface area contributed by atoms with E-state index in [2.05, 4.69) is 21.2 Å². The van der Waals surface area contributed by atoms with Gasteiger partial charge in [-0.25, -0.2) is 0 Å². The Morgan fingerprint density at radius 1 is 1.04 bits per heavy atom. The van der Waals surface area contributed by atoms with Crippen molar-refractivity contribution in [3.63, 3.8) is 0 Å². The molecule has 0 aromatic heterocycles. The lowest BCUT2D eigenvalue weighted by atomic mass is 10.1. The molecule has 2 aromatic carbocycles. The average molecular weight is 376 g/mol. The third-order valence-electron chi connectivity index (χ3n) is 3.41. The molecule has 0 spiro atoms. The molecule has 6 heteroatoms. The Balaban J connectivity index is 2.04. The van der Waals surface area contributed by atoms with Gasteiger partial charge in [-0.05, 0) is 12.1 Å². The second-order valence-electron chi connectivity index (χ2n) is 4.79. The minimum absolute atomic E-state index is 0.270. The first kappa shape index (κ1) is 15.4. The maximum Gasteiger partial charge on any atom is 0.259 e. The minimum atomic E-state index is -0.270. The van der Waals surface area contributed by atoms with Gasteiger partial charge in [-0.1, -0.05) is 28.1 Å². The summed E-state index contributed by atoms with van der Waals surface area (Å²) in [5, 5.41) is 2.72. The first-order chi connectivity index (χ1) is 11.1. The van der Waals surface area contributed by atoms with Gasteiger partial charge in [0.2, 0.25) is 0 Å². The molecule has 0 fully saturated rings. The highest BCUT2D eigenvalue weighted by Crippen LogP contribution is 2.37. The number of methoxy groups -OCH3 is 2. The number of hydrogen-bond acceptors (Lipinski definition) is 4. The van der Waals surface area contributed by atoms with Crippen molar-refractivity contribution in [1.29, 1.82) is 0 Å². The first-order valence-corrected chi connectivity index (χ1v) is 7.62. The predicted molar refractivity (Wildman–Crippen MR) is 89.8 cm³/mol. The van der Waals surface area contributed by atoms with E-state index in [1.54, 1.807) is 18.3 Å². The molecule has 1 aliphatic heterocycles. The van der Waals surface area contributed by atoms with Crippen molar-refractivity contribution in [2.24, 2.45) is 0 Å². The standard InChI is InChI=1S/C17H14BrNO4/c1-21-14-7-12-13(8-15(14)22-2)23-16(9-19-17(12)20)10-3-5-11(18)6-4-10/h3-9H,1-2H3,(H,19,20). The highest BCUT2D eigenvalue weighted by molar-refractivity contribution is 9.10. The molecule has 118 valence electrons. The van der Waals surface area contributed by atoms with E-state index < -0.39 is 0 Å². The number of ether oxygens (including phenoxy) is 3. The summed E-state index contributed by atoms with van der Waals surface area (Å²) in [6.45, 7) is 0. The van der Waals surface area contributed by atoms with Crippen LogP contribution in [0.4, 0.5) is 0 Å². The molecule has 0 atom stereocenters. The van der Waals surface area contributed by atoms with Crippen molar-refractivity contribution in [2.45, 2.75) is 0 Å². The van der Waals surface area contributed by atoms with Gasteiger partial charge < -0.3 is 19.5 Å². The van der Waals surface area contributed by atoms with Gasteiger partial charge in [0.05, 0.1) is 19.8 Å². The van der Waals surface area contributed by atoms with Crippen LogP contribution in [0.1, 0.15) is 15.9 Å². The molecule has 0 unspecified atom stereocenters. The highest BCUT2D eigenvalue weighted by atomic mass is 79.9. The zero-order chi connectivity index (χ0) is 16.4. The van der Waals surface area contributed by atoms with Crippen molar-refractivity contribution in [2.75, 3.05) is 14.2 Å². The van der Waals surface area contributed by atoms with E-state index >= 15 is 0 Å². The van der Waals surface area contributed by atoms with Crippen LogP contribution in [-0.2, 0) is 0 Å². The number of benzene rings is 2. The summed E-state index contributed by atoms with van der Waals surface area (Å²) < 4.78 is 17.4. The predicted octanol–water partition coefficient (Wildman–Crippen LogP) is 3.59. The second-order valence-corrected chi connectivity index (χ2v) is 5.71. The van der Waals surface area contributed by atoms with Gasteiger partial charge in [-0.15, -0.1) is 0 Å². The second kappa shape index (κ2) is 6.34. The number of amides is 1. The van der Waals surface area contributed by atoms with Gasteiger partial charge in [-0.3, -0.25) is 4.79 Å². The van der Waals surface area contributed by atoms with Crippen LogP contribution in [0.5, 0.6) is 17.2 Å². The molecule has 0 aliphatic carbocycles. The van der Waals surface area contributed by atoms with Crippen molar-refractivity contribution < 1.29 is 19.0 Å². The van der Waals surface area contributed by atoms with Gasteiger partial charge in [0.1, 0.15) is 5.75 Å². The first-order valence-electron chi connectivity index (χ1n) is 6.83. The Kier molecular flexibility index (Phi) is 4.25. The molecule has 3 rings (SSSR count).